The van der Waals surface area contributed by atoms with Crippen molar-refractivity contribution in [1.29, 1.82) is 0 Å². The molecule has 0 aliphatic rings. The molecule has 0 fully saturated rings. The maximum absolute atomic E-state index is 13.4. The third kappa shape index (κ3) is 3.47. The highest BCUT2D eigenvalue weighted by Gasteiger charge is 2.10. The number of anilines is 1. The highest BCUT2D eigenvalue weighted by Crippen LogP contribution is 2.21. The minimum Gasteiger partial charge on any atom is -0.495 e. The van der Waals surface area contributed by atoms with E-state index in [1.807, 2.05) is 0 Å². The second kappa shape index (κ2) is 6.21. The Hall–Kier alpha value is -2.63. The van der Waals surface area contributed by atoms with E-state index in [4.69, 9.17) is 10.5 Å². The molecule has 21 heavy (non-hydrogen) atoms. The van der Waals surface area contributed by atoms with Crippen molar-refractivity contribution in [2.75, 3.05) is 12.8 Å². The van der Waals surface area contributed by atoms with Gasteiger partial charge in [-0.05, 0) is 36.4 Å². The van der Waals surface area contributed by atoms with Crippen molar-refractivity contribution >= 4 is 11.6 Å². The lowest BCUT2D eigenvalue weighted by Crippen LogP contribution is -2.23. The van der Waals surface area contributed by atoms with Gasteiger partial charge in [0.25, 0.3) is 5.91 Å². The number of carbonyl (C=O) groups excluding carboxylic acids is 1. The molecule has 0 spiro atoms. The normalized spacial score (nSPS) is 10.2. The lowest BCUT2D eigenvalue weighted by atomic mass is 10.1. The summed E-state index contributed by atoms with van der Waals surface area (Å²) in [7, 11) is 1.47. The van der Waals surface area contributed by atoms with Gasteiger partial charge in [0.05, 0.1) is 12.8 Å². The van der Waals surface area contributed by atoms with Gasteiger partial charge in [-0.15, -0.1) is 0 Å². The number of hydrogen-bond acceptors (Lipinski definition) is 3. The quantitative estimate of drug-likeness (QED) is 0.851. The first-order chi connectivity index (χ1) is 10.0. The number of nitrogens with one attached hydrogen (secondary N) is 1. The Balaban J connectivity index is 2.08. The minimum atomic E-state index is -0.578. The molecule has 0 saturated heterocycles. The number of nitrogen functional groups attached to an aromatic ring is 1. The number of halogens is 2. The van der Waals surface area contributed by atoms with Crippen LogP contribution in [0.1, 0.15) is 15.9 Å². The number of nitrogens with two attached hydrogens (primary N) is 1. The smallest absolute Gasteiger partial charge is 0.251 e. The molecular formula is C15H14F2N2O2. The molecule has 1 amide bonds. The van der Waals surface area contributed by atoms with E-state index in [-0.39, 0.29) is 12.1 Å². The molecule has 0 unspecified atom stereocenters. The zero-order valence-corrected chi connectivity index (χ0v) is 11.3. The zero-order valence-electron chi connectivity index (χ0n) is 11.3. The van der Waals surface area contributed by atoms with Gasteiger partial charge in [-0.3, -0.25) is 4.79 Å². The third-order valence-corrected chi connectivity index (χ3v) is 2.94. The molecule has 3 N–H and O–H groups in total. The van der Waals surface area contributed by atoms with Gasteiger partial charge in [-0.25, -0.2) is 8.78 Å². The average Bonchev–Trinajstić information content (AvgIpc) is 2.47. The fourth-order valence-electron chi connectivity index (χ4n) is 1.83. The van der Waals surface area contributed by atoms with Crippen LogP contribution >= 0.6 is 0 Å². The van der Waals surface area contributed by atoms with Crippen LogP contribution in [0.25, 0.3) is 0 Å². The summed E-state index contributed by atoms with van der Waals surface area (Å²) in [6.07, 6.45) is 0. The molecule has 0 radical (unpaired) electrons. The molecule has 2 aromatic carbocycles. The topological polar surface area (TPSA) is 64.3 Å². The van der Waals surface area contributed by atoms with Crippen molar-refractivity contribution in [2.24, 2.45) is 0 Å². The second-order valence-corrected chi connectivity index (χ2v) is 4.38. The molecule has 4 nitrogen and oxygen atoms in total. The number of ether oxygens (including phenoxy) is 1. The van der Waals surface area contributed by atoms with Crippen LogP contribution in [0.3, 0.4) is 0 Å². The van der Waals surface area contributed by atoms with Gasteiger partial charge < -0.3 is 15.8 Å². The molecule has 0 aliphatic heterocycles. The number of carbonyl (C=O) groups is 1. The average molecular weight is 292 g/mol. The van der Waals surface area contributed by atoms with Gasteiger partial charge in [0.1, 0.15) is 17.4 Å². The molecule has 6 heteroatoms. The van der Waals surface area contributed by atoms with Crippen LogP contribution in [-0.4, -0.2) is 13.0 Å². The lowest BCUT2D eigenvalue weighted by molar-refractivity contribution is 0.0950. The maximum atomic E-state index is 13.4. The molecule has 110 valence electrons. The van der Waals surface area contributed by atoms with Crippen LogP contribution in [0.2, 0.25) is 0 Å². The summed E-state index contributed by atoms with van der Waals surface area (Å²) in [5.41, 5.74) is 6.41. The van der Waals surface area contributed by atoms with Crippen molar-refractivity contribution in [3.05, 3.63) is 59.2 Å². The Morgan fingerprint density at radius 2 is 2.00 bits per heavy atom. The number of amides is 1. The Morgan fingerprint density at radius 3 is 2.67 bits per heavy atom. The third-order valence-electron chi connectivity index (χ3n) is 2.94. The van der Waals surface area contributed by atoms with Crippen LogP contribution in [0.15, 0.2) is 36.4 Å². The molecule has 0 aromatic heterocycles. The van der Waals surface area contributed by atoms with Crippen LogP contribution in [0.5, 0.6) is 5.75 Å². The Bertz CT molecular complexity index is 675. The van der Waals surface area contributed by atoms with Gasteiger partial charge >= 0.3 is 0 Å². The van der Waals surface area contributed by atoms with Crippen molar-refractivity contribution in [3.8, 4) is 5.75 Å². The predicted octanol–water partition coefficient (Wildman–Crippen LogP) is 2.49. The maximum Gasteiger partial charge on any atom is 0.251 e. The van der Waals surface area contributed by atoms with E-state index in [0.717, 1.165) is 18.2 Å². The van der Waals surface area contributed by atoms with E-state index in [1.54, 1.807) is 6.07 Å². The van der Waals surface area contributed by atoms with Gasteiger partial charge in [-0.2, -0.15) is 0 Å². The summed E-state index contributed by atoms with van der Waals surface area (Å²) < 4.78 is 31.4. The number of rotatable bonds is 4. The summed E-state index contributed by atoms with van der Waals surface area (Å²) in [6, 6.07) is 7.63. The van der Waals surface area contributed by atoms with Crippen LogP contribution in [-0.2, 0) is 6.54 Å². The van der Waals surface area contributed by atoms with Gasteiger partial charge in [0.15, 0.2) is 0 Å². The highest BCUT2D eigenvalue weighted by molar-refractivity contribution is 5.95. The van der Waals surface area contributed by atoms with E-state index in [9.17, 15) is 13.6 Å². The first-order valence-electron chi connectivity index (χ1n) is 6.17. The molecule has 2 rings (SSSR count). The lowest BCUT2D eigenvalue weighted by Gasteiger charge is -2.09. The van der Waals surface area contributed by atoms with Crippen molar-refractivity contribution in [2.45, 2.75) is 6.54 Å². The largest absolute Gasteiger partial charge is 0.495 e. The number of methoxy groups -OCH3 is 1. The van der Waals surface area contributed by atoms with E-state index in [0.29, 0.717) is 17.0 Å². The Morgan fingerprint density at radius 1 is 1.24 bits per heavy atom. The standard InChI is InChI=1S/C15H14F2N2O2/c1-21-14-5-2-9(7-13(14)18)15(20)19-8-10-6-11(16)3-4-12(10)17/h2-7H,8,18H2,1H3,(H,19,20). The molecule has 2 aromatic rings. The first-order valence-corrected chi connectivity index (χ1v) is 6.17. The van der Waals surface area contributed by atoms with Gasteiger partial charge in [0.2, 0.25) is 0 Å². The molecule has 0 heterocycles. The highest BCUT2D eigenvalue weighted by atomic mass is 19.1. The SMILES string of the molecule is COc1ccc(C(=O)NCc2cc(F)ccc2F)cc1N. The van der Waals surface area contributed by atoms with Gasteiger partial charge in [0, 0.05) is 17.7 Å². The second-order valence-electron chi connectivity index (χ2n) is 4.38. The fraction of sp³-hybridized carbons (Fsp3) is 0.133. The minimum absolute atomic E-state index is 0.0739. The Labute approximate surface area is 120 Å². The molecular weight excluding hydrogens is 278 g/mol. The van der Waals surface area contributed by atoms with E-state index in [2.05, 4.69) is 5.32 Å². The Kier molecular flexibility index (Phi) is 4.37. The summed E-state index contributed by atoms with van der Waals surface area (Å²) >= 11 is 0. The summed E-state index contributed by atoms with van der Waals surface area (Å²) in [4.78, 5) is 11.9. The number of hydrogen-bond donors (Lipinski definition) is 2. The summed E-state index contributed by atoms with van der Waals surface area (Å²) in [6.45, 7) is -0.117. The molecule has 0 atom stereocenters. The van der Waals surface area contributed by atoms with Crippen molar-refractivity contribution in [3.63, 3.8) is 0 Å². The van der Waals surface area contributed by atoms with Crippen molar-refractivity contribution < 1.29 is 18.3 Å². The van der Waals surface area contributed by atoms with Crippen LogP contribution in [0, 0.1) is 11.6 Å². The van der Waals surface area contributed by atoms with E-state index >= 15 is 0 Å². The molecule has 0 aliphatic carbocycles. The van der Waals surface area contributed by atoms with Gasteiger partial charge in [-0.1, -0.05) is 0 Å². The fourth-order valence-corrected chi connectivity index (χ4v) is 1.83. The monoisotopic (exact) mass is 292 g/mol. The van der Waals surface area contributed by atoms with Crippen LogP contribution < -0.4 is 15.8 Å². The number of benzene rings is 2. The van der Waals surface area contributed by atoms with Crippen LogP contribution in [0.4, 0.5) is 14.5 Å². The summed E-state index contributed by atoms with van der Waals surface area (Å²) in [5.74, 6) is -1.11. The summed E-state index contributed by atoms with van der Waals surface area (Å²) in [5, 5.41) is 2.51. The van der Waals surface area contributed by atoms with E-state index in [1.165, 1.54) is 19.2 Å². The molecule has 0 saturated carbocycles. The molecule has 0 bridgehead atoms. The van der Waals surface area contributed by atoms with E-state index < -0.39 is 17.5 Å². The first kappa shape index (κ1) is 14.8. The predicted molar refractivity (Wildman–Crippen MR) is 74.9 cm³/mol. The zero-order chi connectivity index (χ0) is 15.4. The van der Waals surface area contributed by atoms with Crippen molar-refractivity contribution in [1.82, 2.24) is 5.32 Å².